The summed E-state index contributed by atoms with van der Waals surface area (Å²) in [6.45, 7) is 5.34. The van der Waals surface area contributed by atoms with E-state index in [-0.39, 0.29) is 36.0 Å². The van der Waals surface area contributed by atoms with Crippen molar-refractivity contribution < 1.29 is 9.53 Å². The molecule has 0 aliphatic carbocycles. The molecule has 1 aromatic rings. The topological polar surface area (TPSA) is 92.0 Å². The number of nitrogens with one attached hydrogen (secondary N) is 2. The summed E-state index contributed by atoms with van der Waals surface area (Å²) in [5.41, 5.74) is 6.28. The van der Waals surface area contributed by atoms with Crippen LogP contribution in [0.4, 0.5) is 0 Å². The average molecular weight is 524 g/mol. The van der Waals surface area contributed by atoms with E-state index in [1.165, 1.54) is 0 Å². The van der Waals surface area contributed by atoms with Crippen molar-refractivity contribution in [2.24, 2.45) is 10.7 Å². The summed E-state index contributed by atoms with van der Waals surface area (Å²) in [5.74, 6) is 0.498. The minimum Gasteiger partial charge on any atom is -0.375 e. The summed E-state index contributed by atoms with van der Waals surface area (Å²) < 4.78 is 5.59. The Hall–Kier alpha value is -1.10. The average Bonchev–Trinajstić information content (AvgIpc) is 2.63. The molecule has 4 N–H and O–H groups in total. The predicted molar refractivity (Wildman–Crippen MR) is 124 cm³/mol. The van der Waals surface area contributed by atoms with Gasteiger partial charge in [0, 0.05) is 37.8 Å². The van der Waals surface area contributed by atoms with E-state index >= 15 is 0 Å². The normalized spacial score (nSPS) is 16.9. The number of benzene rings is 1. The van der Waals surface area contributed by atoms with Crippen molar-refractivity contribution in [1.29, 1.82) is 0 Å². The van der Waals surface area contributed by atoms with E-state index in [1.807, 2.05) is 31.2 Å². The highest BCUT2D eigenvalue weighted by atomic mass is 127. The molecular formula is C19H31ClIN5O2. The molecule has 2 rings (SSSR count). The lowest BCUT2D eigenvalue weighted by atomic mass is 10.1. The minimum absolute atomic E-state index is 0. The number of amides is 1. The molecule has 0 aromatic heterocycles. The molecule has 0 bridgehead atoms. The van der Waals surface area contributed by atoms with Crippen LogP contribution in [-0.4, -0.2) is 62.6 Å². The van der Waals surface area contributed by atoms with Crippen molar-refractivity contribution in [2.75, 3.05) is 39.8 Å². The van der Waals surface area contributed by atoms with Gasteiger partial charge < -0.3 is 21.1 Å². The van der Waals surface area contributed by atoms with Crippen LogP contribution in [-0.2, 0) is 9.53 Å². The number of rotatable bonds is 8. The minimum atomic E-state index is -0.275. The number of carbonyl (C=O) groups is 1. The van der Waals surface area contributed by atoms with E-state index in [4.69, 9.17) is 27.1 Å². The van der Waals surface area contributed by atoms with E-state index in [9.17, 15) is 4.79 Å². The van der Waals surface area contributed by atoms with Gasteiger partial charge in [-0.25, -0.2) is 0 Å². The summed E-state index contributed by atoms with van der Waals surface area (Å²) in [7, 11) is 1.68. The third kappa shape index (κ3) is 8.50. The maximum atomic E-state index is 11.0. The Balaban J connectivity index is 0.00000392. The summed E-state index contributed by atoms with van der Waals surface area (Å²) in [5, 5.41) is 7.46. The lowest BCUT2D eigenvalue weighted by Crippen LogP contribution is -2.49. The highest BCUT2D eigenvalue weighted by Gasteiger charge is 2.21. The van der Waals surface area contributed by atoms with E-state index in [0.29, 0.717) is 24.2 Å². The summed E-state index contributed by atoms with van der Waals surface area (Å²) in [4.78, 5) is 17.8. The van der Waals surface area contributed by atoms with Gasteiger partial charge in [0.1, 0.15) is 6.10 Å². The second-order valence-corrected chi connectivity index (χ2v) is 7.10. The van der Waals surface area contributed by atoms with Crippen LogP contribution in [0.5, 0.6) is 0 Å². The number of carbonyl (C=O) groups excluding carboxylic acids is 1. The van der Waals surface area contributed by atoms with Gasteiger partial charge in [0.25, 0.3) is 0 Å². The van der Waals surface area contributed by atoms with Crippen LogP contribution in [0.2, 0.25) is 5.02 Å². The number of hydrogen-bond donors (Lipinski definition) is 3. The predicted octanol–water partition coefficient (Wildman–Crippen LogP) is 2.15. The number of hydrogen-bond acceptors (Lipinski definition) is 4. The van der Waals surface area contributed by atoms with Crippen molar-refractivity contribution >= 4 is 47.4 Å². The Labute approximate surface area is 189 Å². The number of halogens is 2. The first kappa shape index (κ1) is 24.9. The molecule has 1 aliphatic heterocycles. The van der Waals surface area contributed by atoms with Gasteiger partial charge in [0.15, 0.2) is 5.96 Å². The molecule has 0 spiro atoms. The van der Waals surface area contributed by atoms with Gasteiger partial charge in [-0.15, -0.1) is 24.0 Å². The largest absolute Gasteiger partial charge is 0.375 e. The van der Waals surface area contributed by atoms with Gasteiger partial charge in [-0.3, -0.25) is 14.7 Å². The molecule has 1 fully saturated rings. The van der Waals surface area contributed by atoms with Gasteiger partial charge in [0.05, 0.1) is 13.1 Å². The molecule has 1 aliphatic rings. The summed E-state index contributed by atoms with van der Waals surface area (Å²) in [6, 6.07) is 7.97. The fraction of sp³-hybridized carbons (Fsp3) is 0.579. The number of nitrogens with two attached hydrogens (primary N) is 1. The number of methoxy groups -OCH3 is 1. The highest BCUT2D eigenvalue weighted by molar-refractivity contribution is 14.0. The molecule has 1 heterocycles. The van der Waals surface area contributed by atoms with Gasteiger partial charge >= 0.3 is 0 Å². The van der Waals surface area contributed by atoms with Gasteiger partial charge in [0.2, 0.25) is 5.91 Å². The molecule has 0 radical (unpaired) electrons. The molecule has 1 saturated heterocycles. The van der Waals surface area contributed by atoms with Gasteiger partial charge in [-0.1, -0.05) is 23.7 Å². The zero-order chi connectivity index (χ0) is 19.6. The van der Waals surface area contributed by atoms with Crippen LogP contribution in [0.25, 0.3) is 0 Å². The number of guanidine groups is 1. The van der Waals surface area contributed by atoms with Crippen LogP contribution in [0.15, 0.2) is 29.3 Å². The van der Waals surface area contributed by atoms with Crippen LogP contribution in [0.3, 0.4) is 0 Å². The van der Waals surface area contributed by atoms with Crippen molar-refractivity contribution in [1.82, 2.24) is 15.5 Å². The SMILES string of the molecule is CCNC(=NCC(OC)c1cccc(Cl)c1)NC1CCN(CC(N)=O)CC1.I. The molecule has 1 amide bonds. The molecule has 0 saturated carbocycles. The number of piperidine rings is 1. The van der Waals surface area contributed by atoms with Crippen LogP contribution < -0.4 is 16.4 Å². The highest BCUT2D eigenvalue weighted by Crippen LogP contribution is 2.20. The molecule has 28 heavy (non-hydrogen) atoms. The van der Waals surface area contributed by atoms with Gasteiger partial charge in [-0.05, 0) is 37.5 Å². The fourth-order valence-corrected chi connectivity index (χ4v) is 3.36. The second kappa shape index (κ2) is 13.2. The lowest BCUT2D eigenvalue weighted by molar-refractivity contribution is -0.119. The van der Waals surface area contributed by atoms with Crippen molar-refractivity contribution in [3.63, 3.8) is 0 Å². The third-order valence-electron chi connectivity index (χ3n) is 4.57. The molecular weight excluding hydrogens is 493 g/mol. The standard InChI is InChI=1S/C19H30ClN5O2.HI/c1-3-22-19(24-16-7-9-25(10-8-16)13-18(21)26)23-12-17(27-2)14-5-4-6-15(20)11-14;/h4-6,11,16-17H,3,7-10,12-13H2,1-2H3,(H2,21,26)(H2,22,23,24);1H. The monoisotopic (exact) mass is 523 g/mol. The van der Waals surface area contributed by atoms with Crippen molar-refractivity contribution in [3.8, 4) is 0 Å². The summed E-state index contributed by atoms with van der Waals surface area (Å²) in [6.07, 6.45) is 1.73. The van der Waals surface area contributed by atoms with E-state index in [0.717, 1.165) is 44.0 Å². The first-order valence-corrected chi connectivity index (χ1v) is 9.73. The lowest BCUT2D eigenvalue weighted by Gasteiger charge is -2.32. The third-order valence-corrected chi connectivity index (χ3v) is 4.81. The Kier molecular flexibility index (Phi) is 11.7. The summed E-state index contributed by atoms with van der Waals surface area (Å²) >= 11 is 6.08. The number of ether oxygens (including phenoxy) is 1. The zero-order valence-corrected chi connectivity index (χ0v) is 19.6. The van der Waals surface area contributed by atoms with Crippen LogP contribution in [0.1, 0.15) is 31.4 Å². The van der Waals surface area contributed by atoms with Gasteiger partial charge in [-0.2, -0.15) is 0 Å². The second-order valence-electron chi connectivity index (χ2n) is 6.66. The number of primary amides is 1. The fourth-order valence-electron chi connectivity index (χ4n) is 3.17. The van der Waals surface area contributed by atoms with E-state index in [2.05, 4.69) is 15.5 Å². The van der Waals surface area contributed by atoms with E-state index in [1.54, 1.807) is 7.11 Å². The maximum absolute atomic E-state index is 11.0. The van der Waals surface area contributed by atoms with Crippen molar-refractivity contribution in [3.05, 3.63) is 34.9 Å². The molecule has 9 heteroatoms. The maximum Gasteiger partial charge on any atom is 0.231 e. The number of nitrogens with zero attached hydrogens (tertiary/aromatic N) is 2. The Morgan fingerprint density at radius 1 is 1.43 bits per heavy atom. The Morgan fingerprint density at radius 2 is 2.14 bits per heavy atom. The molecule has 1 atom stereocenters. The number of aliphatic imine (C=N–C) groups is 1. The van der Waals surface area contributed by atoms with Crippen LogP contribution >= 0.6 is 35.6 Å². The first-order valence-electron chi connectivity index (χ1n) is 9.35. The number of likely N-dealkylation sites (tertiary alicyclic amines) is 1. The smallest absolute Gasteiger partial charge is 0.231 e. The first-order chi connectivity index (χ1) is 13.0. The quantitative estimate of drug-likeness (QED) is 0.276. The van der Waals surface area contributed by atoms with E-state index < -0.39 is 0 Å². The van der Waals surface area contributed by atoms with Crippen LogP contribution in [0, 0.1) is 0 Å². The molecule has 158 valence electrons. The Morgan fingerprint density at radius 3 is 2.71 bits per heavy atom. The Bertz CT molecular complexity index is 639. The molecule has 1 aromatic carbocycles. The molecule has 1 unspecified atom stereocenters. The molecule has 7 nitrogen and oxygen atoms in total. The zero-order valence-electron chi connectivity index (χ0n) is 16.5. The van der Waals surface area contributed by atoms with Crippen molar-refractivity contribution in [2.45, 2.75) is 31.9 Å².